The fourth-order valence-corrected chi connectivity index (χ4v) is 2.75. The number of hydrogen-bond acceptors (Lipinski definition) is 3. The van der Waals surface area contributed by atoms with Gasteiger partial charge in [-0.15, -0.1) is 0 Å². The number of methoxy groups -OCH3 is 1. The zero-order valence-electron chi connectivity index (χ0n) is 11.1. The minimum absolute atomic E-state index is 0.0202. The first-order valence-corrected chi connectivity index (χ1v) is 6.15. The summed E-state index contributed by atoms with van der Waals surface area (Å²) in [5.74, 6) is 0.404. The van der Waals surface area contributed by atoms with Crippen LogP contribution >= 0.6 is 0 Å². The van der Waals surface area contributed by atoms with Gasteiger partial charge in [0.05, 0.1) is 13.7 Å². The summed E-state index contributed by atoms with van der Waals surface area (Å²) >= 11 is 0. The molecule has 0 saturated heterocycles. The van der Waals surface area contributed by atoms with Crippen LogP contribution in [0, 0.1) is 11.2 Å². The lowest BCUT2D eigenvalue weighted by Crippen LogP contribution is -2.31. The van der Waals surface area contributed by atoms with Crippen LogP contribution in [0.25, 0.3) is 0 Å². The van der Waals surface area contributed by atoms with E-state index < -0.39 is 0 Å². The Bertz CT molecular complexity index is 430. The molecule has 1 aliphatic rings. The smallest absolute Gasteiger partial charge is 0.123 e. The van der Waals surface area contributed by atoms with Gasteiger partial charge < -0.3 is 14.7 Å². The summed E-state index contributed by atoms with van der Waals surface area (Å²) in [7, 11) is 5.48. The van der Waals surface area contributed by atoms with Crippen molar-refractivity contribution in [1.82, 2.24) is 4.90 Å². The third kappa shape index (κ3) is 2.22. The average Bonchev–Trinajstić information content (AvgIpc) is 3.10. The molecule has 0 aromatic heterocycles. The molecule has 1 N–H and O–H groups in total. The van der Waals surface area contributed by atoms with Crippen LogP contribution in [0.2, 0.25) is 0 Å². The van der Waals surface area contributed by atoms with Crippen molar-refractivity contribution in [1.29, 1.82) is 0 Å². The van der Waals surface area contributed by atoms with Gasteiger partial charge in [-0.1, -0.05) is 0 Å². The summed E-state index contributed by atoms with van der Waals surface area (Å²) in [5, 5.41) is 9.61. The van der Waals surface area contributed by atoms with Crippen molar-refractivity contribution in [3.05, 3.63) is 29.6 Å². The SMILES string of the molecule is COc1ccc(F)cc1C(N(C)C)C1(CO)CC1. The van der Waals surface area contributed by atoms with Crippen LogP contribution < -0.4 is 4.74 Å². The van der Waals surface area contributed by atoms with Crippen molar-refractivity contribution in [2.75, 3.05) is 27.8 Å². The molecule has 0 spiro atoms. The van der Waals surface area contributed by atoms with E-state index in [0.29, 0.717) is 5.75 Å². The van der Waals surface area contributed by atoms with Crippen molar-refractivity contribution < 1.29 is 14.2 Å². The van der Waals surface area contributed by atoms with E-state index in [0.717, 1.165) is 18.4 Å². The van der Waals surface area contributed by atoms with Crippen molar-refractivity contribution in [3.8, 4) is 5.75 Å². The summed E-state index contributed by atoms with van der Waals surface area (Å²) in [6.07, 6.45) is 1.93. The monoisotopic (exact) mass is 253 g/mol. The summed E-state index contributed by atoms with van der Waals surface area (Å²) in [5.41, 5.74) is 0.666. The maximum absolute atomic E-state index is 13.5. The van der Waals surface area contributed by atoms with E-state index in [4.69, 9.17) is 4.74 Å². The van der Waals surface area contributed by atoms with E-state index in [1.807, 2.05) is 19.0 Å². The minimum atomic E-state index is -0.272. The van der Waals surface area contributed by atoms with Gasteiger partial charge in [-0.2, -0.15) is 0 Å². The Kier molecular flexibility index (Phi) is 3.59. The molecule has 1 aromatic rings. The fourth-order valence-electron chi connectivity index (χ4n) is 2.75. The van der Waals surface area contributed by atoms with Crippen molar-refractivity contribution in [3.63, 3.8) is 0 Å². The fraction of sp³-hybridized carbons (Fsp3) is 0.571. The van der Waals surface area contributed by atoms with Crippen molar-refractivity contribution in [2.24, 2.45) is 5.41 Å². The number of rotatable bonds is 5. The second-order valence-electron chi connectivity index (χ2n) is 5.27. The summed E-state index contributed by atoms with van der Waals surface area (Å²) in [6.45, 7) is 0.121. The van der Waals surface area contributed by atoms with Gasteiger partial charge in [0.2, 0.25) is 0 Å². The summed E-state index contributed by atoms with van der Waals surface area (Å²) < 4.78 is 18.8. The van der Waals surface area contributed by atoms with Gasteiger partial charge in [0, 0.05) is 17.0 Å². The maximum Gasteiger partial charge on any atom is 0.123 e. The van der Waals surface area contributed by atoms with E-state index >= 15 is 0 Å². The van der Waals surface area contributed by atoms with Crippen LogP contribution in [-0.2, 0) is 0 Å². The molecule has 1 fully saturated rings. The van der Waals surface area contributed by atoms with Gasteiger partial charge in [-0.3, -0.25) is 0 Å². The third-order valence-electron chi connectivity index (χ3n) is 3.79. The summed E-state index contributed by atoms with van der Waals surface area (Å²) in [4.78, 5) is 2.03. The first kappa shape index (κ1) is 13.3. The molecule has 2 rings (SSSR count). The number of ether oxygens (including phenoxy) is 1. The molecule has 18 heavy (non-hydrogen) atoms. The Labute approximate surface area is 107 Å². The Morgan fingerprint density at radius 1 is 1.44 bits per heavy atom. The van der Waals surface area contributed by atoms with Gasteiger partial charge in [0.15, 0.2) is 0 Å². The molecule has 3 nitrogen and oxygen atoms in total. The van der Waals surface area contributed by atoms with Crippen LogP contribution in [0.1, 0.15) is 24.4 Å². The van der Waals surface area contributed by atoms with Gasteiger partial charge in [-0.25, -0.2) is 4.39 Å². The highest BCUT2D eigenvalue weighted by Gasteiger charge is 2.51. The first-order valence-electron chi connectivity index (χ1n) is 6.15. The third-order valence-corrected chi connectivity index (χ3v) is 3.79. The van der Waals surface area contributed by atoms with Crippen LogP contribution in [0.15, 0.2) is 18.2 Å². The van der Waals surface area contributed by atoms with Crippen molar-refractivity contribution >= 4 is 0 Å². The second kappa shape index (κ2) is 4.86. The second-order valence-corrected chi connectivity index (χ2v) is 5.27. The molecule has 1 aromatic carbocycles. The molecule has 1 aliphatic carbocycles. The molecule has 0 aliphatic heterocycles. The molecule has 0 radical (unpaired) electrons. The molecule has 0 bridgehead atoms. The Balaban J connectivity index is 2.46. The van der Waals surface area contributed by atoms with E-state index in [1.54, 1.807) is 13.2 Å². The van der Waals surface area contributed by atoms with Gasteiger partial charge in [0.1, 0.15) is 11.6 Å². The minimum Gasteiger partial charge on any atom is -0.496 e. The molecular formula is C14H20FNO2. The van der Waals surface area contributed by atoms with Crippen LogP contribution in [0.3, 0.4) is 0 Å². The molecule has 1 unspecified atom stereocenters. The lowest BCUT2D eigenvalue weighted by atomic mass is 9.89. The highest BCUT2D eigenvalue weighted by molar-refractivity contribution is 5.38. The van der Waals surface area contributed by atoms with Gasteiger partial charge >= 0.3 is 0 Å². The maximum atomic E-state index is 13.5. The van der Waals surface area contributed by atoms with E-state index in [1.165, 1.54) is 12.1 Å². The predicted octanol–water partition coefficient (Wildman–Crippen LogP) is 2.21. The Hall–Kier alpha value is -1.13. The standard InChI is InChI=1S/C14H20FNO2/c1-16(2)13(14(9-17)6-7-14)11-8-10(15)4-5-12(11)18-3/h4-5,8,13,17H,6-7,9H2,1-3H3. The van der Waals surface area contributed by atoms with Crippen LogP contribution in [-0.4, -0.2) is 37.8 Å². The number of halogens is 1. The topological polar surface area (TPSA) is 32.7 Å². The number of hydrogen-bond donors (Lipinski definition) is 1. The van der Waals surface area contributed by atoms with Crippen molar-refractivity contribution in [2.45, 2.75) is 18.9 Å². The van der Waals surface area contributed by atoms with Crippen LogP contribution in [0.4, 0.5) is 4.39 Å². The molecule has 1 saturated carbocycles. The van der Waals surface area contributed by atoms with E-state index in [-0.39, 0.29) is 23.9 Å². The lowest BCUT2D eigenvalue weighted by molar-refractivity contribution is 0.113. The zero-order chi connectivity index (χ0) is 13.3. The number of benzene rings is 1. The number of aliphatic hydroxyl groups excluding tert-OH is 1. The number of nitrogens with zero attached hydrogens (tertiary/aromatic N) is 1. The zero-order valence-corrected chi connectivity index (χ0v) is 11.1. The first-order chi connectivity index (χ1) is 8.54. The normalized spacial score (nSPS) is 18.8. The Morgan fingerprint density at radius 2 is 2.11 bits per heavy atom. The quantitative estimate of drug-likeness (QED) is 0.873. The average molecular weight is 253 g/mol. The predicted molar refractivity (Wildman–Crippen MR) is 68.1 cm³/mol. The van der Waals surface area contributed by atoms with Crippen LogP contribution in [0.5, 0.6) is 5.75 Å². The van der Waals surface area contributed by atoms with Gasteiger partial charge in [0.25, 0.3) is 0 Å². The highest BCUT2D eigenvalue weighted by Crippen LogP contribution is 2.57. The molecule has 100 valence electrons. The van der Waals surface area contributed by atoms with E-state index in [9.17, 15) is 9.50 Å². The molecule has 0 heterocycles. The summed E-state index contributed by atoms with van der Waals surface area (Å²) in [6, 6.07) is 4.54. The number of aliphatic hydroxyl groups is 1. The van der Waals surface area contributed by atoms with E-state index in [2.05, 4.69) is 0 Å². The largest absolute Gasteiger partial charge is 0.496 e. The molecule has 1 atom stereocenters. The van der Waals surface area contributed by atoms with Gasteiger partial charge in [-0.05, 0) is 45.1 Å². The molecule has 0 amide bonds. The molecular weight excluding hydrogens is 233 g/mol. The highest BCUT2D eigenvalue weighted by atomic mass is 19.1. The molecule has 4 heteroatoms. The Morgan fingerprint density at radius 3 is 2.56 bits per heavy atom. The lowest BCUT2D eigenvalue weighted by Gasteiger charge is -2.33.